The van der Waals surface area contributed by atoms with Crippen molar-refractivity contribution in [1.82, 2.24) is 9.55 Å². The van der Waals surface area contributed by atoms with Crippen LogP contribution in [0.1, 0.15) is 12.5 Å². The van der Waals surface area contributed by atoms with Gasteiger partial charge in [0.05, 0.1) is 5.69 Å². The zero-order valence-electron chi connectivity index (χ0n) is 13.8. The largest absolute Gasteiger partial charge is 0.301 e. The van der Waals surface area contributed by atoms with Crippen molar-refractivity contribution >= 4 is 56.7 Å². The first-order chi connectivity index (χ1) is 12.4. The van der Waals surface area contributed by atoms with Gasteiger partial charge in [-0.25, -0.2) is 9.88 Å². The van der Waals surface area contributed by atoms with E-state index in [4.69, 9.17) is 23.2 Å². The van der Waals surface area contributed by atoms with Crippen molar-refractivity contribution < 1.29 is 4.79 Å². The molecule has 1 unspecified atom stereocenters. The second-order valence-electron chi connectivity index (χ2n) is 6.45. The van der Waals surface area contributed by atoms with Crippen molar-refractivity contribution in [3.8, 4) is 0 Å². The quantitative estimate of drug-likeness (QED) is 0.521. The fraction of sp³-hybridized carbons (Fsp3) is 0.158. The Bertz CT molecular complexity index is 999. The lowest BCUT2D eigenvalue weighted by atomic mass is 9.92. The topological polar surface area (TPSA) is 38.1 Å². The van der Waals surface area contributed by atoms with Crippen LogP contribution in [0.5, 0.6) is 0 Å². The van der Waals surface area contributed by atoms with E-state index < -0.39 is 5.54 Å². The molecule has 2 aromatic carbocycles. The predicted molar refractivity (Wildman–Crippen MR) is 107 cm³/mol. The second kappa shape index (κ2) is 6.41. The average Bonchev–Trinajstić information content (AvgIpc) is 3.10. The highest BCUT2D eigenvalue weighted by Gasteiger charge is 2.48. The van der Waals surface area contributed by atoms with Crippen LogP contribution in [0.2, 0.25) is 10.0 Å². The highest BCUT2D eigenvalue weighted by molar-refractivity contribution is 9.10. The Morgan fingerprint density at radius 3 is 2.58 bits per heavy atom. The lowest BCUT2D eigenvalue weighted by Crippen LogP contribution is -2.40. The van der Waals surface area contributed by atoms with E-state index in [9.17, 15) is 4.79 Å². The number of imidazole rings is 1. The first-order valence-electron chi connectivity index (χ1n) is 7.97. The molecule has 4 rings (SSSR count). The van der Waals surface area contributed by atoms with Crippen molar-refractivity contribution in [3.63, 3.8) is 0 Å². The average molecular weight is 451 g/mol. The van der Waals surface area contributed by atoms with Gasteiger partial charge in [0, 0.05) is 33.3 Å². The molecule has 0 spiro atoms. The highest BCUT2D eigenvalue weighted by Crippen LogP contribution is 2.42. The maximum absolute atomic E-state index is 13.4. The Morgan fingerprint density at radius 2 is 1.88 bits per heavy atom. The van der Waals surface area contributed by atoms with E-state index in [2.05, 4.69) is 20.9 Å². The lowest BCUT2D eigenvalue weighted by Gasteiger charge is -2.25. The number of rotatable bonds is 3. The summed E-state index contributed by atoms with van der Waals surface area (Å²) in [6.45, 7) is 1.92. The number of hydrogen-bond acceptors (Lipinski definition) is 2. The van der Waals surface area contributed by atoms with Crippen LogP contribution in [0.4, 0.5) is 11.6 Å². The van der Waals surface area contributed by atoms with Gasteiger partial charge in [-0.3, -0.25) is 4.79 Å². The van der Waals surface area contributed by atoms with Crippen LogP contribution in [0, 0.1) is 0 Å². The van der Waals surface area contributed by atoms with Gasteiger partial charge in [0.15, 0.2) is 0 Å². The number of carbonyl (C=O) groups excluding carboxylic acids is 1. The summed E-state index contributed by atoms with van der Waals surface area (Å²) in [5, 5.41) is 0.943. The molecule has 0 aliphatic carbocycles. The van der Waals surface area contributed by atoms with Gasteiger partial charge in [0.1, 0.15) is 5.54 Å². The molecular weight excluding hydrogens is 437 g/mol. The van der Waals surface area contributed by atoms with Crippen LogP contribution in [-0.2, 0) is 16.8 Å². The van der Waals surface area contributed by atoms with Gasteiger partial charge in [-0.2, -0.15) is 0 Å². The van der Waals surface area contributed by atoms with Gasteiger partial charge in [-0.15, -0.1) is 0 Å². The van der Waals surface area contributed by atoms with E-state index in [0.29, 0.717) is 28.1 Å². The number of halogens is 3. The minimum atomic E-state index is -0.790. The molecule has 4 nitrogen and oxygen atoms in total. The molecule has 1 aliphatic heterocycles. The summed E-state index contributed by atoms with van der Waals surface area (Å²) in [5.74, 6) is 0.490. The normalized spacial score (nSPS) is 19.1. The molecule has 0 N–H and O–H groups in total. The Labute approximate surface area is 169 Å². The summed E-state index contributed by atoms with van der Waals surface area (Å²) in [7, 11) is 0. The maximum Gasteiger partial charge on any atom is 0.260 e. The minimum absolute atomic E-state index is 0.0705. The molecule has 2 heterocycles. The fourth-order valence-electron chi connectivity index (χ4n) is 3.39. The zero-order valence-corrected chi connectivity index (χ0v) is 16.9. The highest BCUT2D eigenvalue weighted by atomic mass is 79.9. The first-order valence-corrected chi connectivity index (χ1v) is 9.52. The summed E-state index contributed by atoms with van der Waals surface area (Å²) in [4.78, 5) is 19.4. The van der Waals surface area contributed by atoms with E-state index >= 15 is 0 Å². The van der Waals surface area contributed by atoms with Crippen LogP contribution in [0.25, 0.3) is 0 Å². The van der Waals surface area contributed by atoms with Gasteiger partial charge in [0.2, 0.25) is 5.95 Å². The van der Waals surface area contributed by atoms with Crippen molar-refractivity contribution in [1.29, 1.82) is 0 Å². The third-order valence-corrected chi connectivity index (χ3v) is 5.49. The molecule has 1 aliphatic rings. The summed E-state index contributed by atoms with van der Waals surface area (Å²) in [6, 6.07) is 13.0. The van der Waals surface area contributed by atoms with E-state index in [1.165, 1.54) is 0 Å². The second-order valence-corrected chi connectivity index (χ2v) is 8.23. The number of hydrogen-bond donors (Lipinski definition) is 0. The molecule has 1 aromatic heterocycles. The molecule has 1 atom stereocenters. The number of nitrogens with zero attached hydrogens (tertiary/aromatic N) is 3. The Hall–Kier alpha value is -1.82. The summed E-state index contributed by atoms with van der Waals surface area (Å²) in [5.41, 5.74) is 0.875. The van der Waals surface area contributed by atoms with Crippen LogP contribution in [0.3, 0.4) is 0 Å². The van der Waals surface area contributed by atoms with Gasteiger partial charge in [-0.05, 0) is 42.8 Å². The number of amides is 1. The Morgan fingerprint density at radius 1 is 1.15 bits per heavy atom. The third kappa shape index (κ3) is 2.84. The van der Waals surface area contributed by atoms with Crippen molar-refractivity contribution in [2.75, 3.05) is 4.90 Å². The van der Waals surface area contributed by atoms with Crippen LogP contribution in [0.15, 0.2) is 59.3 Å². The number of aromatic nitrogens is 2. The molecule has 0 radical (unpaired) electrons. The maximum atomic E-state index is 13.4. The van der Waals surface area contributed by atoms with Crippen molar-refractivity contribution in [3.05, 3.63) is 74.9 Å². The summed E-state index contributed by atoms with van der Waals surface area (Å²) < 4.78 is 2.89. The SMILES string of the molecule is CC1(Cc2cccc(Br)c2)C(=O)N(c2cc(Cl)cc(Cl)c2)c2nccn21. The van der Waals surface area contributed by atoms with E-state index in [1.807, 2.05) is 42.0 Å². The fourth-order valence-corrected chi connectivity index (χ4v) is 4.35. The molecule has 1 amide bonds. The van der Waals surface area contributed by atoms with Gasteiger partial charge in [0.25, 0.3) is 5.91 Å². The number of benzene rings is 2. The van der Waals surface area contributed by atoms with Crippen molar-refractivity contribution in [2.45, 2.75) is 18.9 Å². The molecule has 0 saturated carbocycles. The molecule has 7 heteroatoms. The predicted octanol–water partition coefficient (Wildman–Crippen LogP) is 5.59. The standard InChI is InChI=1S/C19H14BrCl2N3O/c1-19(11-12-3-2-4-13(20)7-12)17(26)25(18-23-5-6-24(18)19)16-9-14(21)8-15(22)10-16/h2-10H,11H2,1H3. The van der Waals surface area contributed by atoms with Crippen LogP contribution < -0.4 is 4.90 Å². The van der Waals surface area contributed by atoms with Crippen LogP contribution in [-0.4, -0.2) is 15.5 Å². The summed E-state index contributed by atoms with van der Waals surface area (Å²) in [6.07, 6.45) is 4.07. The Kier molecular flexibility index (Phi) is 4.34. The molecule has 0 fully saturated rings. The van der Waals surface area contributed by atoms with E-state index in [0.717, 1.165) is 10.0 Å². The van der Waals surface area contributed by atoms with E-state index in [-0.39, 0.29) is 5.91 Å². The minimum Gasteiger partial charge on any atom is -0.301 e. The molecule has 132 valence electrons. The lowest BCUT2D eigenvalue weighted by molar-refractivity contribution is -0.123. The molecular formula is C19H14BrCl2N3O. The Balaban J connectivity index is 1.80. The van der Waals surface area contributed by atoms with Gasteiger partial charge < -0.3 is 4.57 Å². The van der Waals surface area contributed by atoms with Crippen LogP contribution >= 0.6 is 39.1 Å². The summed E-state index contributed by atoms with van der Waals surface area (Å²) >= 11 is 15.8. The number of carbonyl (C=O) groups is 1. The molecule has 0 saturated heterocycles. The number of anilines is 2. The van der Waals surface area contributed by atoms with Gasteiger partial charge in [-0.1, -0.05) is 51.3 Å². The number of fused-ring (bicyclic) bond motifs is 1. The van der Waals surface area contributed by atoms with E-state index in [1.54, 1.807) is 29.3 Å². The third-order valence-electron chi connectivity index (χ3n) is 4.56. The van der Waals surface area contributed by atoms with Gasteiger partial charge >= 0.3 is 0 Å². The monoisotopic (exact) mass is 449 g/mol. The first kappa shape index (κ1) is 17.6. The zero-order chi connectivity index (χ0) is 18.5. The molecule has 0 bridgehead atoms. The molecule has 3 aromatic rings. The van der Waals surface area contributed by atoms with Crippen molar-refractivity contribution in [2.24, 2.45) is 0 Å². The smallest absolute Gasteiger partial charge is 0.260 e. The molecule has 26 heavy (non-hydrogen) atoms.